The molecule has 1 unspecified atom stereocenters. The third kappa shape index (κ3) is 2.77. The summed E-state index contributed by atoms with van der Waals surface area (Å²) in [4.78, 5) is 0.887. The number of ether oxygens (including phenoxy) is 1. The minimum atomic E-state index is -0.483. The first-order valence-electron chi connectivity index (χ1n) is 5.06. The van der Waals surface area contributed by atoms with Crippen molar-refractivity contribution in [3.05, 3.63) is 48.8 Å². The van der Waals surface area contributed by atoms with Gasteiger partial charge in [-0.2, -0.15) is 0 Å². The van der Waals surface area contributed by atoms with Gasteiger partial charge in [-0.3, -0.25) is 0 Å². The summed E-state index contributed by atoms with van der Waals surface area (Å²) in [6.45, 7) is 0. The van der Waals surface area contributed by atoms with Crippen LogP contribution in [-0.4, -0.2) is 7.11 Å². The number of rotatable bonds is 3. The van der Waals surface area contributed by atoms with E-state index < -0.39 is 6.04 Å². The molecule has 0 bridgehead atoms. The molecule has 2 N–H and O–H groups in total. The number of hydrogen-bond acceptors (Lipinski definition) is 3. The highest BCUT2D eigenvalue weighted by Crippen LogP contribution is 2.37. The molecule has 1 aromatic carbocycles. The largest absolute Gasteiger partial charge is 0.497 e. The molecule has 1 aromatic heterocycles. The van der Waals surface area contributed by atoms with Gasteiger partial charge in [-0.1, -0.05) is 6.07 Å². The Morgan fingerprint density at radius 3 is 2.56 bits per heavy atom. The van der Waals surface area contributed by atoms with Crippen LogP contribution < -0.4 is 10.5 Å². The van der Waals surface area contributed by atoms with E-state index in [9.17, 15) is 4.39 Å². The number of halogens is 3. The molecule has 0 saturated carbocycles. The maximum absolute atomic E-state index is 13.9. The molecular formula is C12H10Br2FNOS. The van der Waals surface area contributed by atoms with Gasteiger partial charge in [0.25, 0.3) is 0 Å². The highest BCUT2D eigenvalue weighted by atomic mass is 79.9. The molecule has 0 spiro atoms. The number of nitrogens with two attached hydrogens (primary N) is 1. The van der Waals surface area contributed by atoms with Crippen LogP contribution in [0.3, 0.4) is 0 Å². The van der Waals surface area contributed by atoms with Crippen LogP contribution in [0.15, 0.2) is 32.5 Å². The molecule has 96 valence electrons. The van der Waals surface area contributed by atoms with Gasteiger partial charge in [0.15, 0.2) is 0 Å². The fourth-order valence-electron chi connectivity index (χ4n) is 1.56. The molecule has 0 aliphatic carbocycles. The molecule has 0 aliphatic heterocycles. The molecule has 0 aliphatic rings. The molecule has 1 atom stereocenters. The second-order valence-corrected chi connectivity index (χ2v) is 6.89. The summed E-state index contributed by atoms with van der Waals surface area (Å²) < 4.78 is 20.7. The maximum Gasteiger partial charge on any atom is 0.132 e. The lowest BCUT2D eigenvalue weighted by Crippen LogP contribution is -2.12. The molecule has 18 heavy (non-hydrogen) atoms. The van der Waals surface area contributed by atoms with Gasteiger partial charge in [-0.25, -0.2) is 4.39 Å². The molecule has 0 saturated heterocycles. The molecule has 0 amide bonds. The smallest absolute Gasteiger partial charge is 0.132 e. The Balaban J connectivity index is 2.36. The third-order valence-corrected chi connectivity index (χ3v) is 5.85. The van der Waals surface area contributed by atoms with Crippen LogP contribution in [0.25, 0.3) is 0 Å². The van der Waals surface area contributed by atoms with Crippen LogP contribution in [0.5, 0.6) is 5.75 Å². The fourth-order valence-corrected chi connectivity index (χ4v) is 3.67. The lowest BCUT2D eigenvalue weighted by atomic mass is 10.1. The Labute approximate surface area is 125 Å². The summed E-state index contributed by atoms with van der Waals surface area (Å²) >= 11 is 8.28. The van der Waals surface area contributed by atoms with Crippen molar-refractivity contribution in [2.24, 2.45) is 5.73 Å². The Morgan fingerprint density at radius 1 is 1.33 bits per heavy atom. The van der Waals surface area contributed by atoms with Gasteiger partial charge < -0.3 is 10.5 Å². The quantitative estimate of drug-likeness (QED) is 0.833. The Morgan fingerprint density at radius 2 is 2.06 bits per heavy atom. The zero-order valence-electron chi connectivity index (χ0n) is 9.41. The van der Waals surface area contributed by atoms with E-state index in [0.717, 1.165) is 13.1 Å². The number of hydrogen-bond donors (Lipinski definition) is 1. The summed E-state index contributed by atoms with van der Waals surface area (Å²) in [6.07, 6.45) is 0. The standard InChI is InChI=1S/C12H10Br2FNOS/c1-17-6-2-3-7(9(15)4-6)11(16)10-5-8(13)12(14)18-10/h2-5,11H,16H2,1H3. The van der Waals surface area contributed by atoms with E-state index in [2.05, 4.69) is 31.9 Å². The SMILES string of the molecule is COc1ccc(C(N)c2cc(Br)c(Br)s2)c(F)c1. The fraction of sp³-hybridized carbons (Fsp3) is 0.167. The van der Waals surface area contributed by atoms with E-state index in [1.807, 2.05) is 6.07 Å². The summed E-state index contributed by atoms with van der Waals surface area (Å²) in [5.41, 5.74) is 6.53. The first-order chi connectivity index (χ1) is 8.52. The Hall–Kier alpha value is -0.430. The molecule has 0 radical (unpaired) electrons. The first kappa shape index (κ1) is 14.0. The molecule has 2 nitrogen and oxygen atoms in total. The van der Waals surface area contributed by atoms with Crippen LogP contribution in [-0.2, 0) is 0 Å². The normalized spacial score (nSPS) is 12.5. The summed E-state index contributed by atoms with van der Waals surface area (Å²) in [5.74, 6) is 0.125. The van der Waals surface area contributed by atoms with Crippen molar-refractivity contribution in [1.29, 1.82) is 0 Å². The molecule has 2 rings (SSSR count). The number of methoxy groups -OCH3 is 1. The van der Waals surface area contributed by atoms with Gasteiger partial charge in [0.05, 0.1) is 16.9 Å². The van der Waals surface area contributed by atoms with Gasteiger partial charge in [0, 0.05) is 21.0 Å². The van der Waals surface area contributed by atoms with E-state index >= 15 is 0 Å². The monoisotopic (exact) mass is 393 g/mol. The summed E-state index contributed by atoms with van der Waals surface area (Å²) in [5, 5.41) is 0. The number of thiophene rings is 1. The van der Waals surface area contributed by atoms with Gasteiger partial charge in [-0.05, 0) is 44.0 Å². The van der Waals surface area contributed by atoms with E-state index in [1.54, 1.807) is 12.1 Å². The summed E-state index contributed by atoms with van der Waals surface area (Å²) in [7, 11) is 1.50. The second-order valence-electron chi connectivity index (χ2n) is 3.64. The average Bonchev–Trinajstić information content (AvgIpc) is 2.68. The van der Waals surface area contributed by atoms with Gasteiger partial charge in [-0.15, -0.1) is 11.3 Å². The van der Waals surface area contributed by atoms with Crippen molar-refractivity contribution >= 4 is 43.2 Å². The first-order valence-corrected chi connectivity index (χ1v) is 7.47. The van der Waals surface area contributed by atoms with Crippen molar-refractivity contribution in [2.75, 3.05) is 7.11 Å². The minimum absolute atomic E-state index is 0.359. The zero-order chi connectivity index (χ0) is 13.3. The average molecular weight is 395 g/mol. The summed E-state index contributed by atoms with van der Waals surface area (Å²) in [6, 6.07) is 6.11. The molecule has 6 heteroatoms. The zero-order valence-corrected chi connectivity index (χ0v) is 13.4. The predicted octanol–water partition coefficient (Wildman–Crippen LogP) is 4.47. The van der Waals surface area contributed by atoms with Gasteiger partial charge in [0.2, 0.25) is 0 Å². The van der Waals surface area contributed by atoms with Crippen LogP contribution in [0, 0.1) is 5.82 Å². The van der Waals surface area contributed by atoms with E-state index in [-0.39, 0.29) is 5.82 Å². The van der Waals surface area contributed by atoms with Crippen molar-refractivity contribution in [3.8, 4) is 5.75 Å². The lowest BCUT2D eigenvalue weighted by Gasteiger charge is -2.12. The lowest BCUT2D eigenvalue weighted by molar-refractivity contribution is 0.410. The second kappa shape index (κ2) is 5.69. The van der Waals surface area contributed by atoms with Crippen LogP contribution >= 0.6 is 43.2 Å². The van der Waals surface area contributed by atoms with Gasteiger partial charge in [0.1, 0.15) is 11.6 Å². The third-order valence-electron chi connectivity index (χ3n) is 2.51. The van der Waals surface area contributed by atoms with Crippen LogP contribution in [0.4, 0.5) is 4.39 Å². The van der Waals surface area contributed by atoms with Crippen LogP contribution in [0.2, 0.25) is 0 Å². The minimum Gasteiger partial charge on any atom is -0.497 e. The van der Waals surface area contributed by atoms with E-state index in [4.69, 9.17) is 10.5 Å². The van der Waals surface area contributed by atoms with Crippen molar-refractivity contribution in [1.82, 2.24) is 0 Å². The van der Waals surface area contributed by atoms with Gasteiger partial charge >= 0.3 is 0 Å². The Kier molecular flexibility index (Phi) is 4.42. The highest BCUT2D eigenvalue weighted by Gasteiger charge is 2.17. The molecule has 1 heterocycles. The predicted molar refractivity (Wildman–Crippen MR) is 78.7 cm³/mol. The Bertz CT molecular complexity index is 554. The van der Waals surface area contributed by atoms with Crippen molar-refractivity contribution in [2.45, 2.75) is 6.04 Å². The molecule has 2 aromatic rings. The van der Waals surface area contributed by atoms with Crippen molar-refractivity contribution < 1.29 is 9.13 Å². The maximum atomic E-state index is 13.9. The van der Waals surface area contributed by atoms with Crippen molar-refractivity contribution in [3.63, 3.8) is 0 Å². The van der Waals surface area contributed by atoms with Crippen LogP contribution in [0.1, 0.15) is 16.5 Å². The van der Waals surface area contributed by atoms with E-state index in [1.165, 1.54) is 24.5 Å². The topological polar surface area (TPSA) is 35.2 Å². The molecular weight excluding hydrogens is 385 g/mol. The van der Waals surface area contributed by atoms with E-state index in [0.29, 0.717) is 11.3 Å². The highest BCUT2D eigenvalue weighted by molar-refractivity contribution is 9.13. The molecule has 0 fully saturated rings. The number of benzene rings is 1.